The van der Waals surface area contributed by atoms with Crippen molar-refractivity contribution in [3.63, 3.8) is 0 Å². The van der Waals surface area contributed by atoms with Gasteiger partial charge in [0.05, 0.1) is 4.47 Å². The molecule has 0 saturated carbocycles. The summed E-state index contributed by atoms with van der Waals surface area (Å²) in [5, 5.41) is 8.74. The molecule has 7 heteroatoms. The maximum atomic E-state index is 13.2. The summed E-state index contributed by atoms with van der Waals surface area (Å²) in [5.74, 6) is -1.51. The molecule has 1 aromatic carbocycles. The normalized spacial score (nSPS) is 10.1. The van der Waals surface area contributed by atoms with Crippen LogP contribution in [0.15, 0.2) is 34.9 Å². The van der Waals surface area contributed by atoms with Crippen molar-refractivity contribution in [3.8, 4) is 11.8 Å². The van der Waals surface area contributed by atoms with Gasteiger partial charge in [-0.25, -0.2) is 14.2 Å². The van der Waals surface area contributed by atoms with Crippen LogP contribution in [-0.2, 0) is 0 Å². The van der Waals surface area contributed by atoms with E-state index in [4.69, 9.17) is 9.84 Å². The molecule has 0 aliphatic rings. The lowest BCUT2D eigenvalue weighted by Crippen LogP contribution is -2.02. The number of benzene rings is 1. The number of carboxylic acids is 1. The second-order valence-corrected chi connectivity index (χ2v) is 4.06. The van der Waals surface area contributed by atoms with E-state index in [9.17, 15) is 9.18 Å². The molecule has 1 heterocycles. The van der Waals surface area contributed by atoms with Gasteiger partial charge in [0, 0.05) is 12.3 Å². The maximum Gasteiger partial charge on any atom is 0.354 e. The standard InChI is InChI=1S/C11H6BrFN2O3/c12-7-2-1-6(5-8(7)13)18-11-14-4-3-9(15-11)10(16)17/h1-5H,(H,16,17). The summed E-state index contributed by atoms with van der Waals surface area (Å²) in [5.41, 5.74) is -0.197. The quantitative estimate of drug-likeness (QED) is 0.943. The largest absolute Gasteiger partial charge is 0.477 e. The average molecular weight is 313 g/mol. The SMILES string of the molecule is O=C(O)c1ccnc(Oc2ccc(Br)c(F)c2)n1. The van der Waals surface area contributed by atoms with Crippen LogP contribution in [0.2, 0.25) is 0 Å². The monoisotopic (exact) mass is 312 g/mol. The number of halogens is 2. The Morgan fingerprint density at radius 2 is 2.17 bits per heavy atom. The molecule has 2 rings (SSSR count). The smallest absolute Gasteiger partial charge is 0.354 e. The van der Waals surface area contributed by atoms with E-state index in [0.717, 1.165) is 6.07 Å². The summed E-state index contributed by atoms with van der Waals surface area (Å²) >= 11 is 3.01. The molecule has 0 bridgehead atoms. The molecule has 1 aromatic heterocycles. The third-order valence-corrected chi connectivity index (χ3v) is 2.60. The average Bonchev–Trinajstić information content (AvgIpc) is 2.34. The number of ether oxygens (including phenoxy) is 1. The molecule has 0 radical (unpaired) electrons. The molecule has 18 heavy (non-hydrogen) atoms. The molecule has 0 atom stereocenters. The van der Waals surface area contributed by atoms with E-state index in [-0.39, 0.29) is 17.5 Å². The third-order valence-electron chi connectivity index (χ3n) is 1.95. The van der Waals surface area contributed by atoms with Crippen molar-refractivity contribution in [1.29, 1.82) is 0 Å². The zero-order valence-corrected chi connectivity index (χ0v) is 10.4. The fourth-order valence-electron chi connectivity index (χ4n) is 1.15. The third kappa shape index (κ3) is 2.80. The molecule has 1 N–H and O–H groups in total. The van der Waals surface area contributed by atoms with Crippen LogP contribution in [0.3, 0.4) is 0 Å². The minimum absolute atomic E-state index is 0.156. The molecular formula is C11H6BrFN2O3. The number of nitrogens with zero attached hydrogens (tertiary/aromatic N) is 2. The molecule has 0 aliphatic carbocycles. The molecule has 0 aliphatic heterocycles. The van der Waals surface area contributed by atoms with Crippen molar-refractivity contribution in [2.45, 2.75) is 0 Å². The molecule has 92 valence electrons. The van der Waals surface area contributed by atoms with Gasteiger partial charge in [0.2, 0.25) is 0 Å². The second-order valence-electron chi connectivity index (χ2n) is 3.21. The lowest BCUT2D eigenvalue weighted by Gasteiger charge is -2.04. The summed E-state index contributed by atoms with van der Waals surface area (Å²) in [6.07, 6.45) is 1.25. The molecule has 2 aromatic rings. The van der Waals surface area contributed by atoms with E-state index < -0.39 is 11.8 Å². The van der Waals surface area contributed by atoms with Crippen molar-refractivity contribution in [1.82, 2.24) is 9.97 Å². The summed E-state index contributed by atoms with van der Waals surface area (Å²) in [4.78, 5) is 18.1. The Hall–Kier alpha value is -2.02. The summed E-state index contributed by atoms with van der Waals surface area (Å²) < 4.78 is 18.7. The first-order valence-electron chi connectivity index (χ1n) is 4.75. The van der Waals surface area contributed by atoms with E-state index >= 15 is 0 Å². The molecule has 0 unspecified atom stereocenters. The van der Waals surface area contributed by atoms with Crippen LogP contribution in [0.4, 0.5) is 4.39 Å². The molecule has 5 nitrogen and oxygen atoms in total. The van der Waals surface area contributed by atoms with Crippen molar-refractivity contribution >= 4 is 21.9 Å². The predicted octanol–water partition coefficient (Wildman–Crippen LogP) is 2.87. The highest BCUT2D eigenvalue weighted by Crippen LogP contribution is 2.23. The zero-order chi connectivity index (χ0) is 13.1. The first kappa shape index (κ1) is 12.4. The lowest BCUT2D eigenvalue weighted by molar-refractivity contribution is 0.0689. The van der Waals surface area contributed by atoms with Crippen molar-refractivity contribution < 1.29 is 19.0 Å². The molecular weight excluding hydrogens is 307 g/mol. The van der Waals surface area contributed by atoms with Gasteiger partial charge in [0.15, 0.2) is 5.69 Å². The fourth-order valence-corrected chi connectivity index (χ4v) is 1.40. The van der Waals surface area contributed by atoms with Crippen molar-refractivity contribution in [3.05, 3.63) is 46.4 Å². The second kappa shape index (κ2) is 5.09. The Bertz CT molecular complexity index is 607. The fraction of sp³-hybridized carbons (Fsp3) is 0. The van der Waals surface area contributed by atoms with Crippen LogP contribution in [0, 0.1) is 5.82 Å². The Kier molecular flexibility index (Phi) is 3.52. The molecule has 0 saturated heterocycles. The van der Waals surface area contributed by atoms with Crippen LogP contribution in [0.1, 0.15) is 10.5 Å². The van der Waals surface area contributed by atoms with Crippen molar-refractivity contribution in [2.24, 2.45) is 0 Å². The van der Waals surface area contributed by atoms with Crippen LogP contribution in [0.5, 0.6) is 11.8 Å². The number of aromatic nitrogens is 2. The first-order valence-corrected chi connectivity index (χ1v) is 5.55. The van der Waals surface area contributed by atoms with E-state index in [0.29, 0.717) is 4.47 Å². The van der Waals surface area contributed by atoms with Gasteiger partial charge >= 0.3 is 12.0 Å². The minimum Gasteiger partial charge on any atom is -0.477 e. The highest BCUT2D eigenvalue weighted by atomic mass is 79.9. The Labute approximate surface area is 109 Å². The van der Waals surface area contributed by atoms with Gasteiger partial charge in [0.25, 0.3) is 0 Å². The van der Waals surface area contributed by atoms with E-state index in [1.165, 1.54) is 24.4 Å². The van der Waals surface area contributed by atoms with Crippen LogP contribution >= 0.6 is 15.9 Å². The summed E-state index contributed by atoms with van der Waals surface area (Å²) in [7, 11) is 0. The van der Waals surface area contributed by atoms with Gasteiger partial charge in [-0.05, 0) is 34.1 Å². The highest BCUT2D eigenvalue weighted by molar-refractivity contribution is 9.10. The highest BCUT2D eigenvalue weighted by Gasteiger charge is 2.08. The Morgan fingerprint density at radius 1 is 1.39 bits per heavy atom. The number of aromatic carboxylic acids is 1. The topological polar surface area (TPSA) is 72.3 Å². The van der Waals surface area contributed by atoms with E-state index in [2.05, 4.69) is 25.9 Å². The number of hydrogen-bond acceptors (Lipinski definition) is 4. The van der Waals surface area contributed by atoms with E-state index in [1.54, 1.807) is 0 Å². The zero-order valence-electron chi connectivity index (χ0n) is 8.80. The van der Waals surface area contributed by atoms with Gasteiger partial charge < -0.3 is 9.84 Å². The number of carbonyl (C=O) groups is 1. The van der Waals surface area contributed by atoms with Gasteiger partial charge in [-0.3, -0.25) is 0 Å². The van der Waals surface area contributed by atoms with Crippen molar-refractivity contribution in [2.75, 3.05) is 0 Å². The van der Waals surface area contributed by atoms with Crippen LogP contribution < -0.4 is 4.74 Å². The van der Waals surface area contributed by atoms with E-state index in [1.807, 2.05) is 0 Å². The van der Waals surface area contributed by atoms with Gasteiger partial charge in [-0.1, -0.05) is 0 Å². The molecule has 0 fully saturated rings. The number of rotatable bonds is 3. The predicted molar refractivity (Wildman–Crippen MR) is 63.2 cm³/mol. The maximum absolute atomic E-state index is 13.2. The van der Waals surface area contributed by atoms with Gasteiger partial charge in [-0.15, -0.1) is 0 Å². The summed E-state index contributed by atoms with van der Waals surface area (Å²) in [6, 6.07) is 5.19. The molecule has 0 spiro atoms. The minimum atomic E-state index is -1.19. The Morgan fingerprint density at radius 3 is 2.83 bits per heavy atom. The van der Waals surface area contributed by atoms with Crippen LogP contribution in [-0.4, -0.2) is 21.0 Å². The van der Waals surface area contributed by atoms with Gasteiger partial charge in [-0.2, -0.15) is 4.98 Å². The lowest BCUT2D eigenvalue weighted by atomic mass is 10.3. The first-order chi connectivity index (χ1) is 8.56. The molecule has 0 amide bonds. The summed E-state index contributed by atoms with van der Waals surface area (Å²) in [6.45, 7) is 0. The van der Waals surface area contributed by atoms with Gasteiger partial charge in [0.1, 0.15) is 11.6 Å². The number of hydrogen-bond donors (Lipinski definition) is 1. The number of carboxylic acid groups (broad SMARTS) is 1. The van der Waals surface area contributed by atoms with Crippen LogP contribution in [0.25, 0.3) is 0 Å². The Balaban J connectivity index is 2.25.